The fourth-order valence-electron chi connectivity index (χ4n) is 7.03. The first-order valence-electron chi connectivity index (χ1n) is 15.8. The van der Waals surface area contributed by atoms with Gasteiger partial charge in [-0.2, -0.15) is 0 Å². The first-order valence-corrected chi connectivity index (χ1v) is 19.8. The number of hydrogen-bond acceptors (Lipinski definition) is 4. The van der Waals surface area contributed by atoms with Crippen LogP contribution in [0, 0.1) is 0 Å². The van der Waals surface area contributed by atoms with E-state index in [1.54, 1.807) is 6.92 Å². The van der Waals surface area contributed by atoms with Crippen molar-refractivity contribution in [3.63, 3.8) is 0 Å². The highest BCUT2D eigenvalue weighted by Gasteiger charge is 2.50. The van der Waals surface area contributed by atoms with Crippen LogP contribution in [0.4, 0.5) is 0 Å². The van der Waals surface area contributed by atoms with Gasteiger partial charge in [-0.1, -0.05) is 123 Å². The van der Waals surface area contributed by atoms with Crippen molar-refractivity contribution in [1.82, 2.24) is 0 Å². The van der Waals surface area contributed by atoms with Crippen LogP contribution in [0.3, 0.4) is 0 Å². The Bertz CT molecular complexity index is 970. The number of rotatable bonds is 17. The van der Waals surface area contributed by atoms with Crippen LogP contribution in [-0.2, 0) is 13.6 Å². The summed E-state index contributed by atoms with van der Waals surface area (Å²) in [6, 6.07) is 21.3. The molecule has 0 aliphatic rings. The highest BCUT2D eigenvalue weighted by atomic mass is 28.4. The lowest BCUT2D eigenvalue weighted by molar-refractivity contribution is -0.117. The third kappa shape index (κ3) is 8.96. The first-order chi connectivity index (χ1) is 19.2. The molecule has 0 aliphatic carbocycles. The zero-order chi connectivity index (χ0) is 30.8. The summed E-state index contributed by atoms with van der Waals surface area (Å²) in [5.74, 6) is 0.211. The molecule has 0 fully saturated rings. The van der Waals surface area contributed by atoms with E-state index in [9.17, 15) is 9.90 Å². The molecule has 0 saturated heterocycles. The number of aliphatic hydroxyl groups is 1. The molecule has 0 unspecified atom stereocenters. The van der Waals surface area contributed by atoms with Crippen LogP contribution in [-0.4, -0.2) is 46.3 Å². The number of aliphatic hydroxyl groups excluding tert-OH is 1. The van der Waals surface area contributed by atoms with Gasteiger partial charge >= 0.3 is 0 Å². The van der Waals surface area contributed by atoms with Crippen molar-refractivity contribution in [2.24, 2.45) is 0 Å². The molecular weight excluding hydrogens is 541 g/mol. The predicted molar refractivity (Wildman–Crippen MR) is 179 cm³/mol. The van der Waals surface area contributed by atoms with Crippen molar-refractivity contribution in [3.8, 4) is 0 Å². The van der Waals surface area contributed by atoms with Crippen LogP contribution in [0.5, 0.6) is 0 Å². The molecule has 0 bridgehead atoms. The molecule has 0 radical (unpaired) electrons. The van der Waals surface area contributed by atoms with Crippen LogP contribution < -0.4 is 10.4 Å². The van der Waals surface area contributed by atoms with Crippen molar-refractivity contribution in [2.75, 3.05) is 6.61 Å². The molecule has 0 amide bonds. The second-order valence-electron chi connectivity index (χ2n) is 13.8. The summed E-state index contributed by atoms with van der Waals surface area (Å²) in [7, 11) is -4.77. The number of carbonyl (C=O) groups is 1. The summed E-state index contributed by atoms with van der Waals surface area (Å²) in [6.45, 7) is 22.8. The second kappa shape index (κ2) is 15.8. The highest BCUT2D eigenvalue weighted by molar-refractivity contribution is 6.99. The molecule has 1 N–H and O–H groups in total. The van der Waals surface area contributed by atoms with Gasteiger partial charge in [0.15, 0.2) is 0 Å². The number of Topliss-reactive ketones (excluding diaryl/α,β-unsaturated/α-hetero) is 1. The number of hydrogen-bond donors (Lipinski definition) is 1. The summed E-state index contributed by atoms with van der Waals surface area (Å²) >= 11 is 0. The van der Waals surface area contributed by atoms with Gasteiger partial charge in [0.25, 0.3) is 8.32 Å². The van der Waals surface area contributed by atoms with E-state index in [0.717, 1.165) is 12.8 Å². The molecule has 6 heteroatoms. The SMILES string of the molecule is CC(=O)CCC[C@H](C[C@H](O)CCO[Si](c1ccccc1)(c1ccccc1)C(C)(C)C)O[Si](C(C)C)(C(C)C)C(C)C. The molecule has 2 aromatic carbocycles. The molecule has 0 aromatic heterocycles. The Labute approximate surface area is 253 Å². The lowest BCUT2D eigenvalue weighted by Gasteiger charge is -2.45. The van der Waals surface area contributed by atoms with Crippen LogP contribution in [0.15, 0.2) is 60.7 Å². The van der Waals surface area contributed by atoms with Crippen molar-refractivity contribution in [3.05, 3.63) is 60.7 Å². The summed E-state index contributed by atoms with van der Waals surface area (Å²) in [5, 5.41) is 13.8. The topological polar surface area (TPSA) is 55.8 Å². The normalized spacial score (nSPS) is 14.6. The van der Waals surface area contributed by atoms with E-state index in [1.807, 2.05) is 0 Å². The summed E-state index contributed by atoms with van der Waals surface area (Å²) < 4.78 is 14.2. The van der Waals surface area contributed by atoms with E-state index in [0.29, 0.717) is 42.5 Å². The summed E-state index contributed by atoms with van der Waals surface area (Å²) in [6.07, 6.45) is 2.69. The van der Waals surface area contributed by atoms with E-state index < -0.39 is 22.7 Å². The summed E-state index contributed by atoms with van der Waals surface area (Å²) in [4.78, 5) is 11.7. The Hall–Kier alpha value is -1.58. The predicted octanol–water partition coefficient (Wildman–Crippen LogP) is 8.02. The van der Waals surface area contributed by atoms with Crippen molar-refractivity contribution in [1.29, 1.82) is 0 Å². The van der Waals surface area contributed by atoms with E-state index in [1.165, 1.54) is 10.4 Å². The largest absolute Gasteiger partial charge is 0.413 e. The van der Waals surface area contributed by atoms with Gasteiger partial charge < -0.3 is 18.8 Å². The smallest absolute Gasteiger partial charge is 0.261 e. The standard InChI is InChI=1S/C35H58O4Si2/c1-27(2)40(28(3)4,29(5)6)39-32(19-17-18-30(7)36)26-31(37)24-25-38-41(35(8,9)10,33-20-13-11-14-21-33)34-22-15-12-16-23-34/h11-16,20-23,27-29,31-32,37H,17-19,24-26H2,1-10H3/t31-,32-/m1/s1. The van der Waals surface area contributed by atoms with Crippen LogP contribution >= 0.6 is 0 Å². The third-order valence-electron chi connectivity index (χ3n) is 8.85. The Morgan fingerprint density at radius 2 is 1.27 bits per heavy atom. The van der Waals surface area contributed by atoms with Gasteiger partial charge in [0, 0.05) is 19.1 Å². The zero-order valence-corrected chi connectivity index (χ0v) is 29.6. The van der Waals surface area contributed by atoms with Crippen molar-refractivity contribution >= 4 is 32.8 Å². The van der Waals surface area contributed by atoms with Crippen LogP contribution in [0.25, 0.3) is 0 Å². The van der Waals surface area contributed by atoms with Gasteiger partial charge in [0.05, 0.1) is 6.10 Å². The van der Waals surface area contributed by atoms with E-state index in [-0.39, 0.29) is 16.9 Å². The second-order valence-corrected chi connectivity index (χ2v) is 23.6. The van der Waals surface area contributed by atoms with Gasteiger partial charge in [-0.05, 0) is 64.6 Å². The molecule has 230 valence electrons. The highest BCUT2D eigenvalue weighted by Crippen LogP contribution is 2.44. The molecule has 0 spiro atoms. The molecule has 4 nitrogen and oxygen atoms in total. The van der Waals surface area contributed by atoms with Crippen LogP contribution in [0.2, 0.25) is 21.7 Å². The van der Waals surface area contributed by atoms with Gasteiger partial charge in [-0.15, -0.1) is 0 Å². The van der Waals surface area contributed by atoms with E-state index in [2.05, 4.69) is 123 Å². The minimum atomic E-state index is -2.65. The summed E-state index contributed by atoms with van der Waals surface area (Å²) in [5.41, 5.74) is 1.40. The molecule has 2 rings (SSSR count). The van der Waals surface area contributed by atoms with Crippen molar-refractivity contribution < 1.29 is 18.8 Å². The maximum atomic E-state index is 11.7. The number of ketones is 1. The maximum Gasteiger partial charge on any atom is 0.261 e. The molecule has 0 aliphatic heterocycles. The third-order valence-corrected chi connectivity index (χ3v) is 20.1. The molecule has 0 saturated carbocycles. The van der Waals surface area contributed by atoms with Crippen LogP contribution in [0.1, 0.15) is 101 Å². The Kier molecular flexibility index (Phi) is 13.7. The molecule has 2 atom stereocenters. The molecular formula is C35H58O4Si2. The minimum absolute atomic E-state index is 0.0592. The van der Waals surface area contributed by atoms with Crippen molar-refractivity contribution in [2.45, 2.75) is 135 Å². The minimum Gasteiger partial charge on any atom is -0.413 e. The van der Waals surface area contributed by atoms with E-state index in [4.69, 9.17) is 8.85 Å². The zero-order valence-electron chi connectivity index (χ0n) is 27.6. The average molecular weight is 599 g/mol. The Morgan fingerprint density at radius 3 is 1.66 bits per heavy atom. The van der Waals surface area contributed by atoms with Gasteiger partial charge in [-0.25, -0.2) is 0 Å². The quantitative estimate of drug-likeness (QED) is 0.187. The lowest BCUT2D eigenvalue weighted by Crippen LogP contribution is -2.66. The monoisotopic (exact) mass is 598 g/mol. The van der Waals surface area contributed by atoms with Gasteiger partial charge in [0.2, 0.25) is 8.32 Å². The Morgan fingerprint density at radius 1 is 0.805 bits per heavy atom. The lowest BCUT2D eigenvalue weighted by atomic mass is 10.0. The number of carbonyl (C=O) groups excluding carboxylic acids is 1. The van der Waals surface area contributed by atoms with Gasteiger partial charge in [0.1, 0.15) is 5.78 Å². The molecule has 2 aromatic rings. The first kappa shape index (κ1) is 35.6. The number of benzene rings is 2. The average Bonchev–Trinajstić information content (AvgIpc) is 2.89. The van der Waals surface area contributed by atoms with Gasteiger partial charge in [-0.3, -0.25) is 0 Å². The maximum absolute atomic E-state index is 11.7. The fraction of sp³-hybridized carbons (Fsp3) is 0.629. The van der Waals surface area contributed by atoms with E-state index >= 15 is 0 Å². The Balaban J connectivity index is 2.28. The molecule has 0 heterocycles. The fourth-order valence-corrected chi connectivity index (χ4v) is 17.2. The molecule has 41 heavy (non-hydrogen) atoms.